The molecule has 0 saturated heterocycles. The SMILES string of the molecule is C=CCNC(=O)c1sc(NC2CC2C)c(SC)c1N. The summed E-state index contributed by atoms with van der Waals surface area (Å²) in [4.78, 5) is 13.6. The fourth-order valence-electron chi connectivity index (χ4n) is 1.83. The molecule has 1 heterocycles. The molecule has 1 saturated carbocycles. The van der Waals surface area contributed by atoms with Crippen LogP contribution in [0.4, 0.5) is 10.7 Å². The highest BCUT2D eigenvalue weighted by Gasteiger charge is 2.34. The number of anilines is 2. The van der Waals surface area contributed by atoms with E-state index in [2.05, 4.69) is 24.1 Å². The summed E-state index contributed by atoms with van der Waals surface area (Å²) in [6.45, 7) is 6.25. The van der Waals surface area contributed by atoms with Gasteiger partial charge in [0, 0.05) is 12.6 Å². The second-order valence-electron chi connectivity index (χ2n) is 4.67. The summed E-state index contributed by atoms with van der Waals surface area (Å²) >= 11 is 3.01. The lowest BCUT2D eigenvalue weighted by molar-refractivity contribution is 0.0963. The Morgan fingerprint density at radius 2 is 2.37 bits per heavy atom. The van der Waals surface area contributed by atoms with Crippen molar-refractivity contribution in [2.75, 3.05) is 23.9 Å². The summed E-state index contributed by atoms with van der Waals surface area (Å²) in [5.74, 6) is 0.575. The Bertz CT molecular complexity index is 498. The fraction of sp³-hybridized carbons (Fsp3) is 0.462. The monoisotopic (exact) mass is 297 g/mol. The Labute approximate surface area is 121 Å². The van der Waals surface area contributed by atoms with E-state index in [0.29, 0.717) is 29.1 Å². The van der Waals surface area contributed by atoms with Crippen LogP contribution >= 0.6 is 23.1 Å². The van der Waals surface area contributed by atoms with Gasteiger partial charge in [0.05, 0.1) is 10.6 Å². The number of nitrogen functional groups attached to an aromatic ring is 1. The van der Waals surface area contributed by atoms with E-state index < -0.39 is 0 Å². The number of rotatable bonds is 6. The number of nitrogens with one attached hydrogen (secondary N) is 2. The summed E-state index contributed by atoms with van der Waals surface area (Å²) in [6.07, 6.45) is 4.82. The first-order valence-electron chi connectivity index (χ1n) is 6.20. The number of amides is 1. The van der Waals surface area contributed by atoms with E-state index in [1.807, 2.05) is 6.26 Å². The van der Waals surface area contributed by atoms with Gasteiger partial charge in [-0.15, -0.1) is 29.7 Å². The minimum Gasteiger partial charge on any atom is -0.396 e. The topological polar surface area (TPSA) is 67.2 Å². The zero-order valence-corrected chi connectivity index (χ0v) is 12.8. The first-order valence-corrected chi connectivity index (χ1v) is 8.24. The second kappa shape index (κ2) is 5.88. The van der Waals surface area contributed by atoms with E-state index >= 15 is 0 Å². The molecule has 19 heavy (non-hydrogen) atoms. The molecule has 1 aliphatic carbocycles. The average Bonchev–Trinajstić information content (AvgIpc) is 2.98. The molecule has 0 radical (unpaired) electrons. The quantitative estimate of drug-likeness (QED) is 0.558. The van der Waals surface area contributed by atoms with Crippen molar-refractivity contribution in [3.05, 3.63) is 17.5 Å². The third kappa shape index (κ3) is 3.06. The maximum absolute atomic E-state index is 12.0. The van der Waals surface area contributed by atoms with E-state index in [4.69, 9.17) is 5.73 Å². The van der Waals surface area contributed by atoms with Gasteiger partial charge in [-0.3, -0.25) is 4.79 Å². The van der Waals surface area contributed by atoms with E-state index in [0.717, 1.165) is 9.90 Å². The Morgan fingerprint density at radius 1 is 1.68 bits per heavy atom. The molecular weight excluding hydrogens is 278 g/mol. The van der Waals surface area contributed by atoms with Gasteiger partial charge in [0.15, 0.2) is 0 Å². The van der Waals surface area contributed by atoms with Gasteiger partial charge >= 0.3 is 0 Å². The van der Waals surface area contributed by atoms with Crippen molar-refractivity contribution in [2.45, 2.75) is 24.3 Å². The molecular formula is C13H19N3OS2. The molecule has 1 aromatic rings. The number of hydrogen-bond donors (Lipinski definition) is 3. The Balaban J connectivity index is 2.19. The van der Waals surface area contributed by atoms with Crippen molar-refractivity contribution >= 4 is 39.7 Å². The minimum atomic E-state index is -0.130. The van der Waals surface area contributed by atoms with Crippen LogP contribution in [0.15, 0.2) is 17.6 Å². The Hall–Kier alpha value is -1.14. The first kappa shape index (κ1) is 14.3. The van der Waals surface area contributed by atoms with Crippen molar-refractivity contribution in [1.29, 1.82) is 0 Å². The van der Waals surface area contributed by atoms with Gasteiger partial charge in [0.25, 0.3) is 5.91 Å². The highest BCUT2D eigenvalue weighted by atomic mass is 32.2. The highest BCUT2D eigenvalue weighted by Crippen LogP contribution is 2.44. The van der Waals surface area contributed by atoms with Crippen molar-refractivity contribution in [2.24, 2.45) is 5.92 Å². The molecule has 2 unspecified atom stereocenters. The predicted molar refractivity (Wildman–Crippen MR) is 84.2 cm³/mol. The van der Waals surface area contributed by atoms with E-state index in [1.165, 1.54) is 17.8 Å². The lowest BCUT2D eigenvalue weighted by atomic mass is 10.3. The van der Waals surface area contributed by atoms with Crippen molar-refractivity contribution < 1.29 is 4.79 Å². The van der Waals surface area contributed by atoms with E-state index in [9.17, 15) is 4.79 Å². The fourth-order valence-corrected chi connectivity index (χ4v) is 3.83. The van der Waals surface area contributed by atoms with Crippen molar-refractivity contribution in [3.63, 3.8) is 0 Å². The number of hydrogen-bond acceptors (Lipinski definition) is 5. The van der Waals surface area contributed by atoms with Crippen LogP contribution in [0.1, 0.15) is 23.0 Å². The Morgan fingerprint density at radius 3 is 2.89 bits per heavy atom. The number of carbonyl (C=O) groups excluding carboxylic acids is 1. The number of carbonyl (C=O) groups is 1. The van der Waals surface area contributed by atoms with Crippen LogP contribution in [-0.2, 0) is 0 Å². The smallest absolute Gasteiger partial charge is 0.263 e. The summed E-state index contributed by atoms with van der Waals surface area (Å²) in [6, 6.07) is 0.521. The maximum Gasteiger partial charge on any atom is 0.263 e. The van der Waals surface area contributed by atoms with Gasteiger partial charge in [-0.2, -0.15) is 0 Å². The Kier molecular flexibility index (Phi) is 4.42. The minimum absolute atomic E-state index is 0.130. The van der Waals surface area contributed by atoms with Crippen molar-refractivity contribution in [1.82, 2.24) is 5.32 Å². The average molecular weight is 297 g/mol. The van der Waals surface area contributed by atoms with Crippen molar-refractivity contribution in [3.8, 4) is 0 Å². The molecule has 2 rings (SSSR count). The summed E-state index contributed by atoms with van der Waals surface area (Å²) in [7, 11) is 0. The maximum atomic E-state index is 12.0. The van der Waals surface area contributed by atoms with Crippen LogP contribution in [-0.4, -0.2) is 24.7 Å². The van der Waals surface area contributed by atoms with Gasteiger partial charge in [-0.1, -0.05) is 13.0 Å². The van der Waals surface area contributed by atoms with Gasteiger partial charge in [-0.05, 0) is 18.6 Å². The van der Waals surface area contributed by atoms with Crippen LogP contribution in [0.2, 0.25) is 0 Å². The standard InChI is InChI=1S/C13H19N3OS2/c1-4-5-15-12(17)10-9(14)11(18-3)13(19-10)16-8-6-7(8)2/h4,7-8,16H,1,5-6,14H2,2-3H3,(H,15,17). The van der Waals surface area contributed by atoms with E-state index in [1.54, 1.807) is 17.8 Å². The number of thioether (sulfide) groups is 1. The lowest BCUT2D eigenvalue weighted by Crippen LogP contribution is -2.23. The normalized spacial score (nSPS) is 20.9. The zero-order valence-electron chi connectivity index (χ0n) is 11.2. The van der Waals surface area contributed by atoms with Gasteiger partial charge < -0.3 is 16.4 Å². The molecule has 0 aromatic carbocycles. The molecule has 2 atom stereocenters. The molecule has 0 aliphatic heterocycles. The zero-order chi connectivity index (χ0) is 14.0. The highest BCUT2D eigenvalue weighted by molar-refractivity contribution is 7.99. The first-order chi connectivity index (χ1) is 9.08. The molecule has 6 heteroatoms. The predicted octanol–water partition coefficient (Wildman–Crippen LogP) is 2.79. The molecule has 0 bridgehead atoms. The van der Waals surface area contributed by atoms with Gasteiger partial charge in [-0.25, -0.2) is 0 Å². The number of thiophene rings is 1. The van der Waals surface area contributed by atoms with Crippen LogP contribution in [0.25, 0.3) is 0 Å². The molecule has 1 amide bonds. The molecule has 0 spiro atoms. The number of nitrogens with two attached hydrogens (primary N) is 1. The third-order valence-corrected chi connectivity index (χ3v) is 5.24. The summed E-state index contributed by atoms with van der Waals surface area (Å²) < 4.78 is 0. The van der Waals surface area contributed by atoms with Gasteiger partial charge in [0.2, 0.25) is 0 Å². The van der Waals surface area contributed by atoms with E-state index in [-0.39, 0.29) is 5.91 Å². The largest absolute Gasteiger partial charge is 0.396 e. The molecule has 104 valence electrons. The molecule has 1 aromatic heterocycles. The molecule has 4 N–H and O–H groups in total. The van der Waals surface area contributed by atoms with Crippen LogP contribution in [0.3, 0.4) is 0 Å². The van der Waals surface area contributed by atoms with Crippen LogP contribution < -0.4 is 16.4 Å². The third-order valence-electron chi connectivity index (χ3n) is 3.14. The molecule has 4 nitrogen and oxygen atoms in total. The second-order valence-corrected chi connectivity index (χ2v) is 6.51. The summed E-state index contributed by atoms with van der Waals surface area (Å²) in [5, 5.41) is 7.26. The molecule has 1 aliphatic rings. The lowest BCUT2D eigenvalue weighted by Gasteiger charge is -2.04. The van der Waals surface area contributed by atoms with Gasteiger partial charge in [0.1, 0.15) is 9.88 Å². The molecule has 1 fully saturated rings. The summed E-state index contributed by atoms with van der Waals surface area (Å²) in [5.41, 5.74) is 6.66. The van der Waals surface area contributed by atoms with Crippen LogP contribution in [0.5, 0.6) is 0 Å². The van der Waals surface area contributed by atoms with Crippen LogP contribution in [0, 0.1) is 5.92 Å².